The molecule has 0 atom stereocenters. The molecule has 0 unspecified atom stereocenters. The summed E-state index contributed by atoms with van der Waals surface area (Å²) in [5, 5.41) is 33.3. The topological polar surface area (TPSA) is 148 Å². The minimum absolute atomic E-state index is 0.00441. The Kier molecular flexibility index (Phi) is 21.4. The molecule has 0 radical (unpaired) electrons. The van der Waals surface area contributed by atoms with Crippen molar-refractivity contribution in [3.8, 4) is 12.1 Å². The van der Waals surface area contributed by atoms with Gasteiger partial charge < -0.3 is 40.1 Å². The van der Waals surface area contributed by atoms with Gasteiger partial charge in [0.2, 0.25) is 11.8 Å². The molecule has 2 aliphatic carbocycles. The van der Waals surface area contributed by atoms with Gasteiger partial charge in [-0.05, 0) is 134 Å². The van der Waals surface area contributed by atoms with Gasteiger partial charge in [0.25, 0.3) is 0 Å². The van der Waals surface area contributed by atoms with Crippen LogP contribution in [0.3, 0.4) is 0 Å². The van der Waals surface area contributed by atoms with Gasteiger partial charge in [0, 0.05) is 87.2 Å². The van der Waals surface area contributed by atoms with Crippen molar-refractivity contribution in [1.82, 2.24) is 9.80 Å². The molecule has 2 saturated carbocycles. The van der Waals surface area contributed by atoms with E-state index in [1.807, 2.05) is 9.80 Å². The fraction of sp³-hybridized carbons (Fsp3) is 0.533. The summed E-state index contributed by atoms with van der Waals surface area (Å²) in [5.74, 6) is 0.116. The number of hydrogen-bond donors (Lipinski definition) is 3. The van der Waals surface area contributed by atoms with Crippen molar-refractivity contribution in [2.45, 2.75) is 140 Å². The number of piperazine rings is 2. The lowest BCUT2D eigenvalue weighted by atomic mass is 9.87. The van der Waals surface area contributed by atoms with Gasteiger partial charge in [-0.1, -0.05) is 65.8 Å². The van der Waals surface area contributed by atoms with E-state index in [0.717, 1.165) is 89.9 Å². The van der Waals surface area contributed by atoms with Crippen LogP contribution in [-0.2, 0) is 37.5 Å². The van der Waals surface area contributed by atoms with E-state index in [4.69, 9.17) is 26.9 Å². The maximum Gasteiger partial charge on any atom is 0.417 e. The van der Waals surface area contributed by atoms with Crippen molar-refractivity contribution in [1.29, 1.82) is 10.5 Å². The lowest BCUT2D eigenvalue weighted by Gasteiger charge is -2.37. The van der Waals surface area contributed by atoms with Gasteiger partial charge in [-0.3, -0.25) is 9.59 Å². The van der Waals surface area contributed by atoms with Crippen molar-refractivity contribution in [2.24, 2.45) is 0 Å². The summed E-state index contributed by atoms with van der Waals surface area (Å²) in [7, 11) is 0. The number of nitrogens with one attached hydrogen (secondary N) is 2. The number of ether oxygens (including phenoxy) is 1. The predicted molar refractivity (Wildman–Crippen MR) is 298 cm³/mol. The Labute approximate surface area is 466 Å². The minimum atomic E-state index is -4.58. The number of carbonyl (C=O) groups excluding carboxylic acids is 2. The zero-order chi connectivity index (χ0) is 57.7. The molecule has 2 amide bonds. The standard InChI is InChI=1S/C30H37F3N4O2.C16H23ClN2O.C14H15F3N2O/c1-29(2,3)22-5-10-25(11-6-22)36-14-16-37(17-15-36)28(38)20-39-26-12-8-23(9-13-26)35-24-7-4-21(19-34)27(18-24)30(31,32)33;1-16(2,3)13-4-6-14(7-5-13)18-8-10-19(11-9-18)15(20)12-17;15-14(16,17)13-7-11(2-1-9(13)8-18)19-10-3-5-12(20)6-4-10/h4-7,10-11,18,23,26,35H,8-9,12-17,20H2,1-3H3;4-7H,8-12H2,1-3H3;1-2,7,10,12,19-20H,3-6H2. The Morgan fingerprint density at radius 2 is 0.937 bits per heavy atom. The average Bonchev–Trinajstić information content (AvgIpc) is 3.43. The Balaban J connectivity index is 0.000000211. The third kappa shape index (κ3) is 18.2. The molecule has 12 nitrogen and oxygen atoms in total. The van der Waals surface area contributed by atoms with E-state index >= 15 is 0 Å². The summed E-state index contributed by atoms with van der Waals surface area (Å²) in [6.07, 6.45) is -3.79. The number of halogens is 7. The SMILES string of the molecule is CC(C)(C)c1ccc(N2CCN(C(=O)CCl)CC2)cc1.CC(C)(C)c1ccc(N2CCN(C(=O)COC3CCC(Nc4ccc(C#N)c(C(F)(F)F)c4)CC3)CC2)cc1.N#Cc1ccc(NC2CCC(O)CC2)cc1C(F)(F)F. The van der Waals surface area contributed by atoms with Crippen LogP contribution in [0, 0.1) is 22.7 Å². The molecule has 2 saturated heterocycles. The van der Waals surface area contributed by atoms with Gasteiger partial charge >= 0.3 is 12.4 Å². The molecule has 0 bridgehead atoms. The van der Waals surface area contributed by atoms with Crippen molar-refractivity contribution in [3.63, 3.8) is 0 Å². The zero-order valence-corrected chi connectivity index (χ0v) is 46.9. The average molecular weight is 1120 g/mol. The van der Waals surface area contributed by atoms with Crippen LogP contribution in [0.5, 0.6) is 0 Å². The van der Waals surface area contributed by atoms with E-state index in [9.17, 15) is 41.0 Å². The number of aliphatic hydroxyl groups is 1. The maximum absolute atomic E-state index is 13.2. The molecule has 0 spiro atoms. The number of carbonyl (C=O) groups is 2. The Bertz CT molecular complexity index is 2700. The number of benzene rings is 4. The van der Waals surface area contributed by atoms with Crippen LogP contribution in [0.4, 0.5) is 49.1 Å². The number of rotatable bonds is 10. The van der Waals surface area contributed by atoms with Crippen molar-refractivity contribution < 1.29 is 45.8 Å². The summed E-state index contributed by atoms with van der Waals surface area (Å²) < 4.78 is 84.2. The fourth-order valence-electron chi connectivity index (χ4n) is 10.1. The van der Waals surface area contributed by atoms with Gasteiger partial charge in [-0.15, -0.1) is 11.6 Å². The highest BCUT2D eigenvalue weighted by Crippen LogP contribution is 2.36. The number of amides is 2. The van der Waals surface area contributed by atoms with E-state index in [1.165, 1.54) is 46.8 Å². The predicted octanol–water partition coefficient (Wildman–Crippen LogP) is 12.1. The molecule has 19 heteroatoms. The molecule has 2 aliphatic heterocycles. The Hall–Kier alpha value is -6.21. The van der Waals surface area contributed by atoms with E-state index < -0.39 is 23.5 Å². The van der Waals surface area contributed by atoms with Crippen molar-refractivity contribution >= 4 is 46.2 Å². The second-order valence-corrected chi connectivity index (χ2v) is 23.0. The van der Waals surface area contributed by atoms with Crippen LogP contribution in [0.15, 0.2) is 84.9 Å². The quantitative estimate of drug-likeness (QED) is 0.104. The molecular formula is C60H75ClF6N8O4. The molecule has 8 rings (SSSR count). The largest absolute Gasteiger partial charge is 0.417 e. The molecule has 3 N–H and O–H groups in total. The maximum atomic E-state index is 13.2. The first-order chi connectivity index (χ1) is 37.2. The highest BCUT2D eigenvalue weighted by molar-refractivity contribution is 6.27. The highest BCUT2D eigenvalue weighted by Gasteiger charge is 2.36. The van der Waals surface area contributed by atoms with E-state index in [1.54, 1.807) is 12.1 Å². The van der Waals surface area contributed by atoms with Crippen LogP contribution in [0.1, 0.15) is 126 Å². The second-order valence-electron chi connectivity index (χ2n) is 22.8. The molecule has 4 aromatic rings. The van der Waals surface area contributed by atoms with Gasteiger partial charge in [0.15, 0.2) is 0 Å². The summed E-state index contributed by atoms with van der Waals surface area (Å²) in [4.78, 5) is 32.6. The number of alkyl halides is 7. The lowest BCUT2D eigenvalue weighted by Crippen LogP contribution is -2.50. The summed E-state index contributed by atoms with van der Waals surface area (Å²) in [6, 6.07) is 28.0. The first-order valence-corrected chi connectivity index (χ1v) is 27.7. The first-order valence-electron chi connectivity index (χ1n) is 27.1. The van der Waals surface area contributed by atoms with Crippen LogP contribution in [0.25, 0.3) is 0 Å². The number of nitriles is 2. The highest BCUT2D eigenvalue weighted by atomic mass is 35.5. The fourth-order valence-corrected chi connectivity index (χ4v) is 10.3. The third-order valence-electron chi connectivity index (χ3n) is 15.0. The van der Waals surface area contributed by atoms with E-state index in [2.05, 4.69) is 111 Å². The van der Waals surface area contributed by atoms with Crippen LogP contribution >= 0.6 is 11.6 Å². The molecule has 79 heavy (non-hydrogen) atoms. The molecule has 0 aromatic heterocycles. The van der Waals surface area contributed by atoms with Crippen LogP contribution in [0.2, 0.25) is 0 Å². The summed E-state index contributed by atoms with van der Waals surface area (Å²) in [6.45, 7) is 19.4. The van der Waals surface area contributed by atoms with Gasteiger partial charge in [-0.25, -0.2) is 0 Å². The summed E-state index contributed by atoms with van der Waals surface area (Å²) in [5.41, 5.74) is 3.46. The number of anilines is 4. The number of hydrogen-bond acceptors (Lipinski definition) is 10. The first kappa shape index (κ1) is 62.0. The summed E-state index contributed by atoms with van der Waals surface area (Å²) >= 11 is 5.59. The molecule has 2 heterocycles. The second kappa shape index (κ2) is 27.3. The van der Waals surface area contributed by atoms with Crippen LogP contribution < -0.4 is 20.4 Å². The molecule has 4 aromatic carbocycles. The van der Waals surface area contributed by atoms with Crippen molar-refractivity contribution in [3.05, 3.63) is 118 Å². The minimum Gasteiger partial charge on any atom is -0.393 e. The molecule has 428 valence electrons. The Morgan fingerprint density at radius 1 is 0.570 bits per heavy atom. The van der Waals surface area contributed by atoms with Gasteiger partial charge in [0.1, 0.15) is 12.5 Å². The van der Waals surface area contributed by atoms with E-state index in [-0.39, 0.29) is 70.5 Å². The normalized spacial score (nSPS) is 20.1. The van der Waals surface area contributed by atoms with Gasteiger partial charge in [-0.2, -0.15) is 36.9 Å². The van der Waals surface area contributed by atoms with Crippen LogP contribution in [-0.4, -0.2) is 116 Å². The number of aliphatic hydroxyl groups excluding tert-OH is 1. The Morgan fingerprint density at radius 3 is 1.28 bits per heavy atom. The smallest absolute Gasteiger partial charge is 0.393 e. The molecular weight excluding hydrogens is 1050 g/mol. The number of nitrogens with zero attached hydrogens (tertiary/aromatic N) is 6. The zero-order valence-electron chi connectivity index (χ0n) is 46.1. The van der Waals surface area contributed by atoms with E-state index in [0.29, 0.717) is 37.3 Å². The lowest BCUT2D eigenvalue weighted by molar-refractivity contribution is -0.139. The van der Waals surface area contributed by atoms with Gasteiger partial charge in [0.05, 0.1) is 46.6 Å². The van der Waals surface area contributed by atoms with Crippen molar-refractivity contribution in [2.75, 3.05) is 85.3 Å². The third-order valence-corrected chi connectivity index (χ3v) is 15.3. The molecule has 4 aliphatic rings. The monoisotopic (exact) mass is 1120 g/mol. The molecule has 4 fully saturated rings.